The third-order valence-electron chi connectivity index (χ3n) is 2.56. The molecule has 1 radical (unpaired) electrons. The number of hydrogen-bond donors (Lipinski definition) is 2. The molecular formula is C12H16BN2O. The van der Waals surface area contributed by atoms with E-state index < -0.39 is 0 Å². The topological polar surface area (TPSA) is 70.0 Å². The first-order valence-corrected chi connectivity index (χ1v) is 5.47. The van der Waals surface area contributed by atoms with Gasteiger partial charge in [-0.05, 0) is 35.9 Å². The number of rotatable bonds is 5. The molecule has 1 atom stereocenters. The Hall–Kier alpha value is -1.63. The summed E-state index contributed by atoms with van der Waals surface area (Å²) in [6.07, 6.45) is 2.84. The minimum atomic E-state index is 0.111. The van der Waals surface area contributed by atoms with Gasteiger partial charge in [0.25, 0.3) is 7.28 Å². The number of nitriles is 1. The van der Waals surface area contributed by atoms with Crippen LogP contribution in [-0.2, 0) is 6.42 Å². The molecule has 1 aromatic rings. The number of hydrogen-bond acceptors (Lipinski definition) is 3. The van der Waals surface area contributed by atoms with E-state index in [-0.39, 0.29) is 11.6 Å². The fraction of sp³-hybridized carbons (Fsp3) is 0.417. The van der Waals surface area contributed by atoms with Gasteiger partial charge in [0.2, 0.25) is 0 Å². The molecule has 0 aliphatic heterocycles. The standard InChI is InChI=1S/C12H16BN2O/c1-2-3-10(13-8-14)6-9-4-5-12(16)11(15)7-9/h4-5,7,10,16H,2-3,6,15H2,1H3. The third-order valence-corrected chi connectivity index (χ3v) is 2.56. The van der Waals surface area contributed by atoms with E-state index in [2.05, 4.69) is 12.9 Å². The molecule has 1 aromatic carbocycles. The maximum absolute atomic E-state index is 9.30. The van der Waals surface area contributed by atoms with Crippen molar-refractivity contribution in [2.24, 2.45) is 0 Å². The molecule has 0 fully saturated rings. The molecule has 1 unspecified atom stereocenters. The lowest BCUT2D eigenvalue weighted by Crippen LogP contribution is -2.05. The molecule has 0 heterocycles. The van der Waals surface area contributed by atoms with Gasteiger partial charge < -0.3 is 10.8 Å². The van der Waals surface area contributed by atoms with E-state index in [1.54, 1.807) is 19.4 Å². The molecule has 0 aliphatic rings. The number of benzene rings is 1. The number of phenols is 1. The molecule has 4 heteroatoms. The Morgan fingerprint density at radius 2 is 2.31 bits per heavy atom. The maximum Gasteiger partial charge on any atom is 0.258 e. The Kier molecular flexibility index (Phi) is 4.72. The van der Waals surface area contributed by atoms with Crippen molar-refractivity contribution in [3.05, 3.63) is 23.8 Å². The maximum atomic E-state index is 9.30. The lowest BCUT2D eigenvalue weighted by Gasteiger charge is -2.12. The molecule has 0 aliphatic carbocycles. The predicted octanol–water partition coefficient (Wildman–Crippen LogP) is 2.29. The van der Waals surface area contributed by atoms with Crippen LogP contribution >= 0.6 is 0 Å². The summed E-state index contributed by atoms with van der Waals surface area (Å²) >= 11 is 0. The molecule has 16 heavy (non-hydrogen) atoms. The SMILES string of the molecule is CCCC([B]C#N)Cc1ccc(O)c(N)c1. The monoisotopic (exact) mass is 215 g/mol. The normalized spacial score (nSPS) is 11.8. The molecule has 0 saturated carbocycles. The van der Waals surface area contributed by atoms with Crippen LogP contribution in [0.4, 0.5) is 5.69 Å². The van der Waals surface area contributed by atoms with Crippen LogP contribution in [0, 0.1) is 11.2 Å². The minimum Gasteiger partial charge on any atom is -0.506 e. The van der Waals surface area contributed by atoms with Crippen molar-refractivity contribution in [3.8, 4) is 11.7 Å². The van der Waals surface area contributed by atoms with Gasteiger partial charge in [0.15, 0.2) is 0 Å². The summed E-state index contributed by atoms with van der Waals surface area (Å²) in [5.41, 5.74) is 7.07. The summed E-state index contributed by atoms with van der Waals surface area (Å²) in [7, 11) is 1.67. The summed E-state index contributed by atoms with van der Waals surface area (Å²) < 4.78 is 0. The molecule has 3 nitrogen and oxygen atoms in total. The average molecular weight is 215 g/mol. The van der Waals surface area contributed by atoms with Crippen molar-refractivity contribution >= 4 is 13.0 Å². The smallest absolute Gasteiger partial charge is 0.258 e. The Morgan fingerprint density at radius 1 is 1.56 bits per heavy atom. The largest absolute Gasteiger partial charge is 0.506 e. The third kappa shape index (κ3) is 3.50. The fourth-order valence-corrected chi connectivity index (χ4v) is 1.75. The van der Waals surface area contributed by atoms with E-state index in [0.717, 1.165) is 24.8 Å². The van der Waals surface area contributed by atoms with Gasteiger partial charge in [-0.3, -0.25) is 0 Å². The van der Waals surface area contributed by atoms with Crippen LogP contribution in [0.3, 0.4) is 0 Å². The van der Waals surface area contributed by atoms with E-state index in [1.165, 1.54) is 0 Å². The summed E-state index contributed by atoms with van der Waals surface area (Å²) in [5.74, 6) is 2.47. The zero-order chi connectivity index (χ0) is 12.0. The number of phenolic OH excluding ortho intramolecular Hbond substituents is 1. The van der Waals surface area contributed by atoms with Crippen LogP contribution in [0.5, 0.6) is 5.75 Å². The van der Waals surface area contributed by atoms with Gasteiger partial charge in [-0.25, -0.2) is 5.26 Å². The van der Waals surface area contributed by atoms with Crippen molar-refractivity contribution in [1.29, 1.82) is 5.26 Å². The average Bonchev–Trinajstić information content (AvgIpc) is 2.24. The Morgan fingerprint density at radius 3 is 2.88 bits per heavy atom. The second-order valence-corrected chi connectivity index (χ2v) is 3.94. The molecule has 0 aromatic heterocycles. The fourth-order valence-electron chi connectivity index (χ4n) is 1.75. The van der Waals surface area contributed by atoms with Crippen LogP contribution in [0.25, 0.3) is 0 Å². The lowest BCUT2D eigenvalue weighted by molar-refractivity contribution is 0.477. The van der Waals surface area contributed by atoms with E-state index in [0.29, 0.717) is 5.69 Å². The summed E-state index contributed by atoms with van der Waals surface area (Å²) in [5, 5.41) is 18.0. The van der Waals surface area contributed by atoms with Gasteiger partial charge in [0.1, 0.15) is 5.75 Å². The summed E-state index contributed by atoms with van der Waals surface area (Å²) in [6, 6.07) is 5.21. The number of nitrogens with two attached hydrogens (primary N) is 1. The molecule has 3 N–H and O–H groups in total. The second-order valence-electron chi connectivity index (χ2n) is 3.94. The van der Waals surface area contributed by atoms with Crippen LogP contribution < -0.4 is 5.73 Å². The first-order chi connectivity index (χ1) is 7.67. The second kappa shape index (κ2) is 6.07. The van der Waals surface area contributed by atoms with E-state index in [9.17, 15) is 5.11 Å². The zero-order valence-electron chi connectivity index (χ0n) is 9.48. The van der Waals surface area contributed by atoms with Gasteiger partial charge in [-0.1, -0.05) is 25.8 Å². The number of nitrogen functional groups attached to an aromatic ring is 1. The Labute approximate surface area is 97.1 Å². The highest BCUT2D eigenvalue weighted by Crippen LogP contribution is 2.24. The van der Waals surface area contributed by atoms with Crippen molar-refractivity contribution < 1.29 is 5.11 Å². The highest BCUT2D eigenvalue weighted by molar-refractivity contribution is 6.46. The minimum absolute atomic E-state index is 0.111. The summed E-state index contributed by atoms with van der Waals surface area (Å²) in [6.45, 7) is 2.10. The van der Waals surface area contributed by atoms with Crippen molar-refractivity contribution in [2.75, 3.05) is 5.73 Å². The highest BCUT2D eigenvalue weighted by Gasteiger charge is 2.11. The molecule has 83 valence electrons. The van der Waals surface area contributed by atoms with Crippen LogP contribution in [0.2, 0.25) is 5.82 Å². The number of nitrogens with zero attached hydrogens (tertiary/aromatic N) is 1. The van der Waals surface area contributed by atoms with E-state index in [4.69, 9.17) is 11.0 Å². The molecule has 0 amide bonds. The number of anilines is 1. The van der Waals surface area contributed by atoms with Crippen LogP contribution in [0.15, 0.2) is 18.2 Å². The van der Waals surface area contributed by atoms with Crippen molar-refractivity contribution in [1.82, 2.24) is 0 Å². The first-order valence-electron chi connectivity index (χ1n) is 5.47. The van der Waals surface area contributed by atoms with Crippen LogP contribution in [-0.4, -0.2) is 12.4 Å². The first kappa shape index (κ1) is 12.4. The van der Waals surface area contributed by atoms with Crippen LogP contribution in [0.1, 0.15) is 25.3 Å². The molecule has 1 rings (SSSR count). The zero-order valence-corrected chi connectivity index (χ0v) is 9.48. The van der Waals surface area contributed by atoms with E-state index in [1.807, 2.05) is 6.07 Å². The Bertz CT molecular complexity index is 387. The Balaban J connectivity index is 2.69. The van der Waals surface area contributed by atoms with Crippen molar-refractivity contribution in [3.63, 3.8) is 0 Å². The predicted molar refractivity (Wildman–Crippen MR) is 66.2 cm³/mol. The highest BCUT2D eigenvalue weighted by atomic mass is 16.3. The molecule has 0 bridgehead atoms. The van der Waals surface area contributed by atoms with Crippen molar-refractivity contribution in [2.45, 2.75) is 32.0 Å². The molecule has 0 spiro atoms. The van der Waals surface area contributed by atoms with Gasteiger partial charge in [-0.2, -0.15) is 0 Å². The molecule has 0 saturated heterocycles. The number of aromatic hydroxyl groups is 1. The lowest BCUT2D eigenvalue weighted by atomic mass is 9.62. The quantitative estimate of drug-likeness (QED) is 0.449. The van der Waals surface area contributed by atoms with E-state index >= 15 is 0 Å². The van der Waals surface area contributed by atoms with Gasteiger partial charge in [0, 0.05) is 0 Å². The van der Waals surface area contributed by atoms with Gasteiger partial charge in [0.05, 0.1) is 5.69 Å². The van der Waals surface area contributed by atoms with Gasteiger partial charge in [-0.15, -0.1) is 0 Å². The van der Waals surface area contributed by atoms with Gasteiger partial charge >= 0.3 is 0 Å². The summed E-state index contributed by atoms with van der Waals surface area (Å²) in [4.78, 5) is 0. The molecular weight excluding hydrogens is 199 g/mol.